The molecular weight excluding hydrogens is 529 g/mol. The van der Waals surface area contributed by atoms with Gasteiger partial charge in [0.25, 0.3) is 5.91 Å². The van der Waals surface area contributed by atoms with Gasteiger partial charge in [0.1, 0.15) is 5.82 Å². The Morgan fingerprint density at radius 2 is 1.52 bits per heavy atom. The maximum atomic E-state index is 13.7. The highest BCUT2D eigenvalue weighted by Crippen LogP contribution is 2.22. The van der Waals surface area contributed by atoms with E-state index in [9.17, 15) is 22.4 Å². The van der Waals surface area contributed by atoms with Crippen molar-refractivity contribution >= 4 is 21.8 Å². The van der Waals surface area contributed by atoms with Gasteiger partial charge in [-0.1, -0.05) is 51.5 Å². The topological polar surface area (TPSA) is 78.0 Å². The van der Waals surface area contributed by atoms with Gasteiger partial charge in [-0.2, -0.15) is 4.31 Å². The smallest absolute Gasteiger partial charge is 0.253 e. The minimum atomic E-state index is -3.55. The Balaban J connectivity index is 1.72. The molecule has 0 radical (unpaired) electrons. The Morgan fingerprint density at radius 3 is 2.10 bits per heavy atom. The molecule has 3 rings (SSSR count). The molecule has 40 heavy (non-hydrogen) atoms. The monoisotopic (exact) mass is 573 g/mol. The normalized spacial score (nSPS) is 14.5. The summed E-state index contributed by atoms with van der Waals surface area (Å²) in [4.78, 5) is 30.4. The first-order valence-corrected chi connectivity index (χ1v) is 16.2. The van der Waals surface area contributed by atoms with Crippen molar-refractivity contribution in [1.82, 2.24) is 14.1 Å². The van der Waals surface area contributed by atoms with Crippen LogP contribution in [0, 0.1) is 5.82 Å². The van der Waals surface area contributed by atoms with Crippen LogP contribution >= 0.6 is 0 Å². The highest BCUT2D eigenvalue weighted by molar-refractivity contribution is 7.89. The highest BCUT2D eigenvalue weighted by atomic mass is 32.2. The van der Waals surface area contributed by atoms with Crippen LogP contribution in [0.5, 0.6) is 0 Å². The van der Waals surface area contributed by atoms with E-state index in [0.717, 1.165) is 24.8 Å². The van der Waals surface area contributed by atoms with E-state index in [1.54, 1.807) is 24.0 Å². The molecule has 7 nitrogen and oxygen atoms in total. The summed E-state index contributed by atoms with van der Waals surface area (Å²) in [6, 6.07) is 13.7. The van der Waals surface area contributed by atoms with Crippen LogP contribution in [0.4, 0.5) is 4.39 Å². The predicted molar refractivity (Wildman–Crippen MR) is 157 cm³/mol. The molecule has 0 spiro atoms. The van der Waals surface area contributed by atoms with Crippen molar-refractivity contribution < 1.29 is 22.4 Å². The summed E-state index contributed by atoms with van der Waals surface area (Å²) >= 11 is 0. The molecule has 2 amide bonds. The van der Waals surface area contributed by atoms with E-state index in [4.69, 9.17) is 0 Å². The lowest BCUT2D eigenvalue weighted by atomic mass is 10.00. The van der Waals surface area contributed by atoms with Crippen LogP contribution in [0.25, 0.3) is 0 Å². The molecule has 0 unspecified atom stereocenters. The third kappa shape index (κ3) is 8.86. The second kappa shape index (κ2) is 15.3. The number of halogens is 1. The van der Waals surface area contributed by atoms with Crippen molar-refractivity contribution in [2.45, 2.75) is 78.3 Å². The van der Waals surface area contributed by atoms with Gasteiger partial charge in [-0.05, 0) is 73.9 Å². The molecule has 9 heteroatoms. The van der Waals surface area contributed by atoms with Crippen molar-refractivity contribution in [3.63, 3.8) is 0 Å². The molecule has 0 bridgehead atoms. The van der Waals surface area contributed by atoms with Crippen LogP contribution in [0.2, 0.25) is 0 Å². The van der Waals surface area contributed by atoms with Gasteiger partial charge >= 0.3 is 0 Å². The summed E-state index contributed by atoms with van der Waals surface area (Å²) in [5.74, 6) is -0.647. The quantitative estimate of drug-likeness (QED) is 0.309. The molecule has 1 aliphatic rings. The number of piperidine rings is 1. The molecule has 1 heterocycles. The van der Waals surface area contributed by atoms with Crippen molar-refractivity contribution in [2.75, 3.05) is 31.9 Å². The number of nitrogens with zero attached hydrogens (tertiary/aromatic N) is 3. The number of sulfonamides is 1. The molecule has 0 atom stereocenters. The van der Waals surface area contributed by atoms with Crippen LogP contribution in [-0.2, 0) is 27.8 Å². The molecule has 1 fully saturated rings. The maximum Gasteiger partial charge on any atom is 0.253 e. The number of hydrogen-bond acceptors (Lipinski definition) is 4. The lowest BCUT2D eigenvalue weighted by molar-refractivity contribution is -0.135. The SMILES string of the molecule is CCCCc1ccc(C(=O)N2CCC(N(Cc3ccc(F)cc3)C(=O)CN(CCC)S(=O)(=O)CCC)CC2)cc1. The van der Waals surface area contributed by atoms with Gasteiger partial charge in [-0.15, -0.1) is 0 Å². The molecule has 0 saturated carbocycles. The summed E-state index contributed by atoms with van der Waals surface area (Å²) < 4.78 is 40.5. The van der Waals surface area contributed by atoms with Crippen molar-refractivity contribution in [3.8, 4) is 0 Å². The number of likely N-dealkylation sites (tertiary alicyclic amines) is 1. The summed E-state index contributed by atoms with van der Waals surface area (Å²) in [5, 5.41) is 0. The van der Waals surface area contributed by atoms with Crippen molar-refractivity contribution in [2.24, 2.45) is 0 Å². The average Bonchev–Trinajstić information content (AvgIpc) is 2.95. The molecule has 0 N–H and O–H groups in total. The van der Waals surface area contributed by atoms with Gasteiger partial charge in [0.2, 0.25) is 15.9 Å². The molecule has 1 saturated heterocycles. The fourth-order valence-corrected chi connectivity index (χ4v) is 6.70. The zero-order valence-corrected chi connectivity index (χ0v) is 25.0. The van der Waals surface area contributed by atoms with Gasteiger partial charge in [0.15, 0.2) is 0 Å². The molecule has 1 aliphatic heterocycles. The summed E-state index contributed by atoms with van der Waals surface area (Å²) in [7, 11) is -3.55. The number of carbonyl (C=O) groups excluding carboxylic acids is 2. The number of rotatable bonds is 14. The summed E-state index contributed by atoms with van der Waals surface area (Å²) in [6.45, 7) is 7.17. The number of unbranched alkanes of at least 4 members (excludes halogenated alkanes) is 1. The van der Waals surface area contributed by atoms with Crippen LogP contribution < -0.4 is 0 Å². The minimum Gasteiger partial charge on any atom is -0.338 e. The third-order valence-corrected chi connectivity index (χ3v) is 9.46. The number of amides is 2. The van der Waals surface area contributed by atoms with Crippen LogP contribution in [-0.4, -0.2) is 72.3 Å². The van der Waals surface area contributed by atoms with Gasteiger partial charge in [0, 0.05) is 37.8 Å². The van der Waals surface area contributed by atoms with E-state index >= 15 is 0 Å². The van der Waals surface area contributed by atoms with Crippen molar-refractivity contribution in [1.29, 1.82) is 0 Å². The summed E-state index contributed by atoms with van der Waals surface area (Å²) in [5.41, 5.74) is 2.66. The van der Waals surface area contributed by atoms with Crippen LogP contribution in [0.15, 0.2) is 48.5 Å². The Kier molecular flexibility index (Phi) is 12.1. The highest BCUT2D eigenvalue weighted by Gasteiger charge is 2.32. The minimum absolute atomic E-state index is 0.00166. The van der Waals surface area contributed by atoms with E-state index in [1.807, 2.05) is 36.1 Å². The Bertz CT molecular complexity index is 1190. The lowest BCUT2D eigenvalue weighted by Crippen LogP contribution is -2.51. The van der Waals surface area contributed by atoms with E-state index in [0.29, 0.717) is 44.3 Å². The molecule has 2 aromatic carbocycles. The predicted octanol–water partition coefficient (Wildman–Crippen LogP) is 5.25. The van der Waals surface area contributed by atoms with Gasteiger partial charge < -0.3 is 9.80 Å². The molecule has 220 valence electrons. The standard InChI is InChI=1S/C31H44FN3O4S/c1-4-7-8-25-9-13-27(14-10-25)31(37)33-20-17-29(18-21-33)35(23-26-11-15-28(32)16-12-26)30(36)24-34(19-5-2)40(38,39)22-6-3/h9-16,29H,4-8,17-24H2,1-3H3. The summed E-state index contributed by atoms with van der Waals surface area (Å²) in [6.07, 6.45) is 5.50. The zero-order valence-electron chi connectivity index (χ0n) is 24.1. The lowest BCUT2D eigenvalue weighted by Gasteiger charge is -2.39. The molecular formula is C31H44FN3O4S. The molecule has 2 aromatic rings. The van der Waals surface area contributed by atoms with Crippen LogP contribution in [0.3, 0.4) is 0 Å². The first kappa shape index (κ1) is 31.7. The van der Waals surface area contributed by atoms with E-state index in [-0.39, 0.29) is 49.1 Å². The first-order chi connectivity index (χ1) is 19.2. The average molecular weight is 574 g/mol. The fraction of sp³-hybridized carbons (Fsp3) is 0.548. The Labute approximate surface area is 239 Å². The Morgan fingerprint density at radius 1 is 0.900 bits per heavy atom. The number of benzene rings is 2. The second-order valence-corrected chi connectivity index (χ2v) is 12.7. The zero-order chi connectivity index (χ0) is 29.1. The second-order valence-electron chi connectivity index (χ2n) is 10.6. The van der Waals surface area contributed by atoms with Gasteiger partial charge in [-0.3, -0.25) is 9.59 Å². The maximum absolute atomic E-state index is 13.7. The van der Waals surface area contributed by atoms with E-state index < -0.39 is 10.0 Å². The number of aryl methyl sites for hydroxylation is 1. The fourth-order valence-electron chi connectivity index (χ4n) is 5.16. The first-order valence-electron chi connectivity index (χ1n) is 14.6. The van der Waals surface area contributed by atoms with E-state index in [2.05, 4.69) is 6.92 Å². The molecule has 0 aliphatic carbocycles. The van der Waals surface area contributed by atoms with Gasteiger partial charge in [-0.25, -0.2) is 12.8 Å². The largest absolute Gasteiger partial charge is 0.338 e. The van der Waals surface area contributed by atoms with E-state index in [1.165, 1.54) is 22.0 Å². The number of carbonyl (C=O) groups is 2. The van der Waals surface area contributed by atoms with Crippen molar-refractivity contribution in [3.05, 3.63) is 71.0 Å². The van der Waals surface area contributed by atoms with Gasteiger partial charge in [0.05, 0.1) is 12.3 Å². The third-order valence-electron chi connectivity index (χ3n) is 7.44. The number of hydrogen-bond donors (Lipinski definition) is 0. The molecule has 0 aromatic heterocycles. The Hall–Kier alpha value is -2.78. The van der Waals surface area contributed by atoms with Crippen LogP contribution in [0.1, 0.15) is 80.8 Å².